The van der Waals surface area contributed by atoms with Gasteiger partial charge in [0.1, 0.15) is 5.76 Å². The van der Waals surface area contributed by atoms with Gasteiger partial charge in [0.25, 0.3) is 5.91 Å². The third-order valence-electron chi connectivity index (χ3n) is 4.33. The average Bonchev–Trinajstić information content (AvgIpc) is 3.27. The first-order valence-electron chi connectivity index (χ1n) is 9.07. The van der Waals surface area contributed by atoms with Crippen molar-refractivity contribution in [2.24, 2.45) is 0 Å². The van der Waals surface area contributed by atoms with E-state index in [0.29, 0.717) is 22.9 Å². The second-order valence-electron chi connectivity index (χ2n) is 7.11. The van der Waals surface area contributed by atoms with Crippen molar-refractivity contribution in [1.82, 2.24) is 15.1 Å². The van der Waals surface area contributed by atoms with E-state index in [1.165, 1.54) is 0 Å². The average molecular weight is 386 g/mol. The number of hydrogen-bond acceptors (Lipinski definition) is 3. The summed E-state index contributed by atoms with van der Waals surface area (Å²) in [5.41, 5.74) is 3.12. The van der Waals surface area contributed by atoms with Crippen LogP contribution in [0.3, 0.4) is 0 Å². The van der Waals surface area contributed by atoms with E-state index in [-0.39, 0.29) is 17.7 Å². The van der Waals surface area contributed by atoms with Gasteiger partial charge in [-0.15, -0.1) is 0 Å². The SMILES string of the molecule is CC(C)c1nn(-c2cccc(Cl)c2)c(C(C)C)c1C(=O)NCc1ccco1. The summed E-state index contributed by atoms with van der Waals surface area (Å²) in [6, 6.07) is 11.1. The van der Waals surface area contributed by atoms with Crippen LogP contribution in [-0.4, -0.2) is 15.7 Å². The molecule has 0 spiro atoms. The molecule has 0 bridgehead atoms. The molecule has 0 saturated carbocycles. The maximum atomic E-state index is 13.1. The highest BCUT2D eigenvalue weighted by atomic mass is 35.5. The van der Waals surface area contributed by atoms with E-state index in [9.17, 15) is 4.79 Å². The summed E-state index contributed by atoms with van der Waals surface area (Å²) in [4.78, 5) is 13.1. The lowest BCUT2D eigenvalue weighted by atomic mass is 9.98. The van der Waals surface area contributed by atoms with Crippen LogP contribution in [0.2, 0.25) is 5.02 Å². The van der Waals surface area contributed by atoms with Crippen molar-refractivity contribution < 1.29 is 9.21 Å². The molecule has 0 aliphatic rings. The fourth-order valence-electron chi connectivity index (χ4n) is 3.09. The van der Waals surface area contributed by atoms with Crippen molar-refractivity contribution in [1.29, 1.82) is 0 Å². The predicted octanol–water partition coefficient (Wildman–Crippen LogP) is 5.30. The Morgan fingerprint density at radius 1 is 1.19 bits per heavy atom. The van der Waals surface area contributed by atoms with Gasteiger partial charge in [0.05, 0.1) is 35.4 Å². The molecule has 2 heterocycles. The monoisotopic (exact) mass is 385 g/mol. The quantitative estimate of drug-likeness (QED) is 0.626. The molecule has 0 aliphatic carbocycles. The van der Waals surface area contributed by atoms with Gasteiger partial charge in [0.15, 0.2) is 0 Å². The standard InChI is InChI=1S/C21H24ClN3O2/c1-13(2)19-18(21(26)23-12-17-9-6-10-27-17)20(14(3)4)25(24-19)16-8-5-7-15(22)11-16/h5-11,13-14H,12H2,1-4H3,(H,23,26). The van der Waals surface area contributed by atoms with Crippen molar-refractivity contribution in [2.45, 2.75) is 46.1 Å². The predicted molar refractivity (Wildman–Crippen MR) is 107 cm³/mol. The van der Waals surface area contributed by atoms with Crippen molar-refractivity contribution in [2.75, 3.05) is 0 Å². The van der Waals surface area contributed by atoms with Crippen LogP contribution in [0.5, 0.6) is 0 Å². The number of rotatable bonds is 6. The van der Waals surface area contributed by atoms with Crippen molar-refractivity contribution in [3.8, 4) is 5.69 Å². The van der Waals surface area contributed by atoms with E-state index >= 15 is 0 Å². The van der Waals surface area contributed by atoms with E-state index in [2.05, 4.69) is 19.2 Å². The van der Waals surface area contributed by atoms with Gasteiger partial charge in [-0.05, 0) is 42.2 Å². The number of hydrogen-bond donors (Lipinski definition) is 1. The Bertz CT molecular complexity index is 927. The Hall–Kier alpha value is -2.53. The molecular formula is C21H24ClN3O2. The Balaban J connectivity index is 2.06. The zero-order chi connectivity index (χ0) is 19.6. The number of furan rings is 1. The molecule has 0 atom stereocenters. The zero-order valence-electron chi connectivity index (χ0n) is 16.0. The second-order valence-corrected chi connectivity index (χ2v) is 7.55. The minimum atomic E-state index is -0.146. The Morgan fingerprint density at radius 2 is 1.96 bits per heavy atom. The van der Waals surface area contributed by atoms with Gasteiger partial charge in [-0.1, -0.05) is 45.4 Å². The van der Waals surface area contributed by atoms with Gasteiger partial charge in [-0.3, -0.25) is 4.79 Å². The number of carbonyl (C=O) groups is 1. The molecule has 0 aliphatic heterocycles. The van der Waals surface area contributed by atoms with Gasteiger partial charge in [0, 0.05) is 5.02 Å². The molecule has 3 rings (SSSR count). The van der Waals surface area contributed by atoms with Gasteiger partial charge in [0.2, 0.25) is 0 Å². The van der Waals surface area contributed by atoms with Gasteiger partial charge < -0.3 is 9.73 Å². The summed E-state index contributed by atoms with van der Waals surface area (Å²) in [5.74, 6) is 0.774. The molecule has 2 aromatic heterocycles. The summed E-state index contributed by atoms with van der Waals surface area (Å²) >= 11 is 6.17. The van der Waals surface area contributed by atoms with Crippen LogP contribution >= 0.6 is 11.6 Å². The van der Waals surface area contributed by atoms with E-state index in [0.717, 1.165) is 17.1 Å². The maximum Gasteiger partial charge on any atom is 0.255 e. The van der Waals surface area contributed by atoms with Crippen molar-refractivity contribution in [3.63, 3.8) is 0 Å². The number of benzene rings is 1. The molecule has 0 saturated heterocycles. The lowest BCUT2D eigenvalue weighted by Gasteiger charge is -2.13. The van der Waals surface area contributed by atoms with Gasteiger partial charge in [-0.25, -0.2) is 4.68 Å². The molecule has 1 N–H and O–H groups in total. The highest BCUT2D eigenvalue weighted by Gasteiger charge is 2.27. The smallest absolute Gasteiger partial charge is 0.255 e. The maximum absolute atomic E-state index is 13.1. The highest BCUT2D eigenvalue weighted by Crippen LogP contribution is 2.30. The minimum absolute atomic E-state index is 0.104. The van der Waals surface area contributed by atoms with E-state index in [1.807, 2.05) is 48.9 Å². The Morgan fingerprint density at radius 3 is 2.56 bits per heavy atom. The number of halogens is 1. The molecule has 0 fully saturated rings. The first-order chi connectivity index (χ1) is 12.9. The summed E-state index contributed by atoms with van der Waals surface area (Å²) in [7, 11) is 0. The van der Waals surface area contributed by atoms with Crippen molar-refractivity contribution in [3.05, 3.63) is 70.4 Å². The van der Waals surface area contributed by atoms with Crippen LogP contribution in [-0.2, 0) is 6.54 Å². The number of nitrogens with zero attached hydrogens (tertiary/aromatic N) is 2. The molecule has 1 aromatic carbocycles. The van der Waals surface area contributed by atoms with Crippen LogP contribution in [0.25, 0.3) is 5.69 Å². The number of amides is 1. The van der Waals surface area contributed by atoms with E-state index < -0.39 is 0 Å². The number of carbonyl (C=O) groups excluding carboxylic acids is 1. The number of aromatic nitrogens is 2. The molecule has 5 nitrogen and oxygen atoms in total. The molecule has 1 amide bonds. The van der Waals surface area contributed by atoms with E-state index in [4.69, 9.17) is 21.1 Å². The Kier molecular flexibility index (Phi) is 5.71. The van der Waals surface area contributed by atoms with Crippen LogP contribution in [0.1, 0.15) is 67.0 Å². The largest absolute Gasteiger partial charge is 0.467 e. The fourth-order valence-corrected chi connectivity index (χ4v) is 3.28. The fraction of sp³-hybridized carbons (Fsp3) is 0.333. The summed E-state index contributed by atoms with van der Waals surface area (Å²) in [6.45, 7) is 8.54. The normalized spacial score (nSPS) is 11.4. The third kappa shape index (κ3) is 4.08. The minimum Gasteiger partial charge on any atom is -0.467 e. The molecule has 0 unspecified atom stereocenters. The molecule has 27 heavy (non-hydrogen) atoms. The summed E-state index contributed by atoms with van der Waals surface area (Å²) < 4.78 is 7.15. The lowest BCUT2D eigenvalue weighted by molar-refractivity contribution is 0.0945. The summed E-state index contributed by atoms with van der Waals surface area (Å²) in [6.07, 6.45) is 1.59. The van der Waals surface area contributed by atoms with Crippen LogP contribution in [0, 0.1) is 0 Å². The molecule has 6 heteroatoms. The lowest BCUT2D eigenvalue weighted by Crippen LogP contribution is -2.25. The zero-order valence-corrected chi connectivity index (χ0v) is 16.7. The first kappa shape index (κ1) is 19.2. The molecule has 0 radical (unpaired) electrons. The van der Waals surface area contributed by atoms with Crippen LogP contribution < -0.4 is 5.32 Å². The first-order valence-corrected chi connectivity index (χ1v) is 9.45. The summed E-state index contributed by atoms with van der Waals surface area (Å²) in [5, 5.41) is 8.37. The van der Waals surface area contributed by atoms with E-state index in [1.54, 1.807) is 12.3 Å². The second kappa shape index (κ2) is 8.01. The highest BCUT2D eigenvalue weighted by molar-refractivity contribution is 6.30. The van der Waals surface area contributed by atoms with Crippen LogP contribution in [0.4, 0.5) is 0 Å². The topological polar surface area (TPSA) is 60.1 Å². The Labute approximate surface area is 164 Å². The molecule has 3 aromatic rings. The van der Waals surface area contributed by atoms with Gasteiger partial charge >= 0.3 is 0 Å². The molecule has 142 valence electrons. The van der Waals surface area contributed by atoms with Gasteiger partial charge in [-0.2, -0.15) is 5.10 Å². The third-order valence-corrected chi connectivity index (χ3v) is 4.56. The van der Waals surface area contributed by atoms with Crippen molar-refractivity contribution >= 4 is 17.5 Å². The van der Waals surface area contributed by atoms with Crippen LogP contribution in [0.15, 0.2) is 47.1 Å². The molecular weight excluding hydrogens is 362 g/mol. The number of nitrogens with one attached hydrogen (secondary N) is 1.